The van der Waals surface area contributed by atoms with Crippen LogP contribution >= 0.6 is 0 Å². The minimum Gasteiger partial charge on any atom is -0.370 e. The Labute approximate surface area is 209 Å². The summed E-state index contributed by atoms with van der Waals surface area (Å²) < 4.78 is 1.71. The van der Waals surface area contributed by atoms with Crippen molar-refractivity contribution < 1.29 is 14.4 Å². The first kappa shape index (κ1) is 24.7. The molecule has 10 heteroatoms. The van der Waals surface area contributed by atoms with Gasteiger partial charge in [-0.05, 0) is 61.2 Å². The van der Waals surface area contributed by atoms with Gasteiger partial charge in [0, 0.05) is 37.8 Å². The highest BCUT2D eigenvalue weighted by Crippen LogP contribution is 2.30. The van der Waals surface area contributed by atoms with Gasteiger partial charge in [0.2, 0.25) is 17.8 Å². The summed E-state index contributed by atoms with van der Waals surface area (Å²) >= 11 is 0. The minimum absolute atomic E-state index is 0.0644. The van der Waals surface area contributed by atoms with E-state index in [1.807, 2.05) is 18.2 Å². The van der Waals surface area contributed by atoms with Crippen LogP contribution in [0.25, 0.3) is 11.0 Å². The Bertz CT molecular complexity index is 1320. The van der Waals surface area contributed by atoms with Gasteiger partial charge >= 0.3 is 6.03 Å². The fourth-order valence-corrected chi connectivity index (χ4v) is 4.50. The molecule has 10 nitrogen and oxygen atoms in total. The Balaban J connectivity index is 1.55. The second kappa shape index (κ2) is 10.9. The summed E-state index contributed by atoms with van der Waals surface area (Å²) in [5.74, 6) is 0.282. The van der Waals surface area contributed by atoms with Gasteiger partial charge in [0.15, 0.2) is 0 Å². The minimum atomic E-state index is -0.528. The molecule has 1 heterocycles. The third kappa shape index (κ3) is 5.81. The van der Waals surface area contributed by atoms with Crippen molar-refractivity contribution in [2.45, 2.75) is 45.1 Å². The van der Waals surface area contributed by atoms with Crippen LogP contribution in [0.2, 0.25) is 0 Å². The van der Waals surface area contributed by atoms with E-state index in [0.29, 0.717) is 40.3 Å². The first-order valence-electron chi connectivity index (χ1n) is 12.0. The lowest BCUT2D eigenvalue weighted by atomic mass is 10.0. The van der Waals surface area contributed by atoms with Crippen LogP contribution < -0.4 is 21.3 Å². The van der Waals surface area contributed by atoms with Crippen molar-refractivity contribution in [1.29, 1.82) is 5.26 Å². The molecule has 0 aliphatic heterocycles. The van der Waals surface area contributed by atoms with Crippen LogP contribution in [-0.2, 0) is 16.1 Å². The lowest BCUT2D eigenvalue weighted by Crippen LogP contribution is -2.27. The average molecular weight is 488 g/mol. The number of nitrogens with zero attached hydrogens (tertiary/aromatic N) is 4. The standard InChI is InChI=1S/C26H29N7O3/c1-32(24(35)14-17-4-2-3-5-17)20-10-11-22-21(15-20)30-25(33(22)13-12-23(28)34)31-26(36)29-19-8-6-18(16-27)7-9-19/h6-11,15,17H,2-5,12-14H2,1H3,(H2,28,34)(H2,29,30,31,36). The molecule has 0 unspecified atom stereocenters. The van der Waals surface area contributed by atoms with Crippen molar-refractivity contribution >= 4 is 46.2 Å². The number of imidazole rings is 1. The van der Waals surface area contributed by atoms with E-state index in [-0.39, 0.29) is 24.8 Å². The van der Waals surface area contributed by atoms with Crippen molar-refractivity contribution in [2.24, 2.45) is 11.7 Å². The molecule has 4 amide bonds. The van der Waals surface area contributed by atoms with Gasteiger partial charge in [0.25, 0.3) is 0 Å². The fourth-order valence-electron chi connectivity index (χ4n) is 4.50. The number of carbonyl (C=O) groups is 3. The monoisotopic (exact) mass is 487 g/mol. The predicted octanol–water partition coefficient (Wildman–Crippen LogP) is 3.97. The molecule has 186 valence electrons. The van der Waals surface area contributed by atoms with Crippen LogP contribution in [-0.4, -0.2) is 34.4 Å². The lowest BCUT2D eigenvalue weighted by molar-refractivity contribution is -0.119. The molecule has 1 saturated carbocycles. The van der Waals surface area contributed by atoms with Crippen LogP contribution in [0.5, 0.6) is 0 Å². The van der Waals surface area contributed by atoms with Crippen molar-refractivity contribution in [3.05, 3.63) is 48.0 Å². The van der Waals surface area contributed by atoms with E-state index in [1.165, 1.54) is 12.8 Å². The van der Waals surface area contributed by atoms with Gasteiger partial charge in [-0.15, -0.1) is 0 Å². The second-order valence-corrected chi connectivity index (χ2v) is 9.05. The molecular weight excluding hydrogens is 458 g/mol. The molecule has 0 atom stereocenters. The SMILES string of the molecule is CN(C(=O)CC1CCCC1)c1ccc2c(c1)nc(NC(=O)Nc1ccc(C#N)cc1)n2CCC(N)=O. The quantitative estimate of drug-likeness (QED) is 0.440. The molecule has 4 rings (SSSR count). The van der Waals surface area contributed by atoms with Crippen molar-refractivity contribution in [2.75, 3.05) is 22.6 Å². The maximum absolute atomic E-state index is 12.8. The maximum Gasteiger partial charge on any atom is 0.326 e. The third-order valence-electron chi connectivity index (χ3n) is 6.51. The molecule has 0 bridgehead atoms. The normalized spacial score (nSPS) is 13.3. The number of fused-ring (bicyclic) bond motifs is 1. The number of nitriles is 1. The van der Waals surface area contributed by atoms with Gasteiger partial charge in [0.05, 0.1) is 22.7 Å². The molecule has 4 N–H and O–H groups in total. The number of carbonyl (C=O) groups excluding carboxylic acids is 3. The lowest BCUT2D eigenvalue weighted by Gasteiger charge is -2.19. The van der Waals surface area contributed by atoms with Crippen LogP contribution in [0.15, 0.2) is 42.5 Å². The molecule has 1 aromatic heterocycles. The zero-order chi connectivity index (χ0) is 25.7. The highest BCUT2D eigenvalue weighted by atomic mass is 16.2. The number of primary amides is 1. The summed E-state index contributed by atoms with van der Waals surface area (Å²) in [6, 6.07) is 13.4. The second-order valence-electron chi connectivity index (χ2n) is 9.05. The zero-order valence-corrected chi connectivity index (χ0v) is 20.2. The molecule has 0 radical (unpaired) electrons. The van der Waals surface area contributed by atoms with Crippen LogP contribution in [0.3, 0.4) is 0 Å². The fraction of sp³-hybridized carbons (Fsp3) is 0.346. The summed E-state index contributed by atoms with van der Waals surface area (Å²) in [6.45, 7) is 0.230. The number of hydrogen-bond acceptors (Lipinski definition) is 5. The summed E-state index contributed by atoms with van der Waals surface area (Å²) in [5, 5.41) is 14.4. The van der Waals surface area contributed by atoms with Gasteiger partial charge in [-0.3, -0.25) is 14.9 Å². The summed E-state index contributed by atoms with van der Waals surface area (Å²) in [5.41, 5.74) is 8.33. The molecule has 0 saturated heterocycles. The van der Waals surface area contributed by atoms with E-state index in [0.717, 1.165) is 12.8 Å². The van der Waals surface area contributed by atoms with Gasteiger partial charge in [-0.25, -0.2) is 9.78 Å². The number of anilines is 3. The maximum atomic E-state index is 12.8. The Hall–Kier alpha value is -4.39. The molecule has 1 fully saturated rings. The van der Waals surface area contributed by atoms with E-state index in [1.54, 1.807) is 46.8 Å². The van der Waals surface area contributed by atoms with Gasteiger partial charge in [0.1, 0.15) is 0 Å². The van der Waals surface area contributed by atoms with E-state index in [2.05, 4.69) is 15.6 Å². The topological polar surface area (TPSA) is 146 Å². The molecule has 0 spiro atoms. The number of urea groups is 1. The Morgan fingerprint density at radius 1 is 1.14 bits per heavy atom. The number of hydrogen-bond donors (Lipinski definition) is 3. The number of benzene rings is 2. The van der Waals surface area contributed by atoms with Crippen molar-refractivity contribution in [3.63, 3.8) is 0 Å². The van der Waals surface area contributed by atoms with Crippen molar-refractivity contribution in [1.82, 2.24) is 9.55 Å². The van der Waals surface area contributed by atoms with E-state index in [4.69, 9.17) is 11.0 Å². The first-order chi connectivity index (χ1) is 17.3. The van der Waals surface area contributed by atoms with Crippen LogP contribution in [0, 0.1) is 17.2 Å². The van der Waals surface area contributed by atoms with Crippen LogP contribution in [0.1, 0.15) is 44.1 Å². The predicted molar refractivity (Wildman–Crippen MR) is 137 cm³/mol. The summed E-state index contributed by atoms with van der Waals surface area (Å²) in [6.07, 6.45) is 5.17. The smallest absolute Gasteiger partial charge is 0.326 e. The molecule has 1 aliphatic carbocycles. The molecule has 1 aliphatic rings. The van der Waals surface area contributed by atoms with Crippen molar-refractivity contribution in [3.8, 4) is 6.07 Å². The van der Waals surface area contributed by atoms with E-state index >= 15 is 0 Å². The highest BCUT2D eigenvalue weighted by molar-refractivity contribution is 6.00. The molecule has 36 heavy (non-hydrogen) atoms. The molecule has 3 aromatic rings. The summed E-state index contributed by atoms with van der Waals surface area (Å²) in [4.78, 5) is 43.1. The number of rotatable bonds is 8. The Morgan fingerprint density at radius 3 is 2.53 bits per heavy atom. The number of aromatic nitrogens is 2. The first-order valence-corrected chi connectivity index (χ1v) is 12.0. The Morgan fingerprint density at radius 2 is 1.86 bits per heavy atom. The van der Waals surface area contributed by atoms with E-state index in [9.17, 15) is 14.4 Å². The van der Waals surface area contributed by atoms with Gasteiger partial charge in [-0.2, -0.15) is 5.26 Å². The Kier molecular flexibility index (Phi) is 7.49. The van der Waals surface area contributed by atoms with E-state index < -0.39 is 11.9 Å². The zero-order valence-electron chi connectivity index (χ0n) is 20.2. The van der Waals surface area contributed by atoms with Gasteiger partial charge < -0.3 is 20.5 Å². The third-order valence-corrected chi connectivity index (χ3v) is 6.51. The summed E-state index contributed by atoms with van der Waals surface area (Å²) in [7, 11) is 1.76. The highest BCUT2D eigenvalue weighted by Gasteiger charge is 2.22. The van der Waals surface area contributed by atoms with Crippen LogP contribution in [0.4, 0.5) is 22.1 Å². The number of nitrogens with one attached hydrogen (secondary N) is 2. The molecule has 2 aromatic carbocycles. The number of aryl methyl sites for hydroxylation is 1. The number of nitrogens with two attached hydrogens (primary N) is 1. The average Bonchev–Trinajstić information content (AvgIpc) is 3.49. The number of amides is 4. The largest absolute Gasteiger partial charge is 0.370 e. The van der Waals surface area contributed by atoms with Gasteiger partial charge in [-0.1, -0.05) is 12.8 Å². The molecular formula is C26H29N7O3.